The summed E-state index contributed by atoms with van der Waals surface area (Å²) in [6.45, 7) is 20.0. The Morgan fingerprint density at radius 3 is 2.31 bits per heavy atom. The van der Waals surface area contributed by atoms with Crippen molar-refractivity contribution in [3.63, 3.8) is 0 Å². The smallest absolute Gasteiger partial charge is 0.214 e. The number of nitrogens with one attached hydrogen (secondary N) is 1. The quantitative estimate of drug-likeness (QED) is 0.285. The molecule has 1 N–H and O–H groups in total. The number of hydrogen-bond donors (Lipinski definition) is 1. The number of allylic oxidation sites excluding steroid dienone is 2. The maximum Gasteiger partial charge on any atom is 0.214 e. The molecule has 1 aromatic rings. The van der Waals surface area contributed by atoms with Crippen LogP contribution in [0.25, 0.3) is 5.57 Å². The molecule has 4 saturated carbocycles. The van der Waals surface area contributed by atoms with Crippen LogP contribution in [-0.4, -0.2) is 68.2 Å². The van der Waals surface area contributed by atoms with Crippen LogP contribution in [0.15, 0.2) is 30.3 Å². The SMILES string of the molecule is CCCCS(=O)(=O)N1CCN(CCN[C@]23CCCC2[C@H]2CCC4[C@@](C)(CCC5C(C)(C)C(c6ccc(C)cc6)=CC[C@@]54C)C2CC3)CC1. The van der Waals surface area contributed by atoms with Gasteiger partial charge in [0.05, 0.1) is 5.75 Å². The Morgan fingerprint density at radius 1 is 0.833 bits per heavy atom. The maximum atomic E-state index is 12.7. The fraction of sp³-hybridized carbons (Fsp3) is 0.810. The lowest BCUT2D eigenvalue weighted by molar-refractivity contribution is -0.172. The first-order chi connectivity index (χ1) is 22.8. The summed E-state index contributed by atoms with van der Waals surface area (Å²) in [6.07, 6.45) is 18.2. The van der Waals surface area contributed by atoms with Gasteiger partial charge in [-0.2, -0.15) is 4.31 Å². The highest BCUT2D eigenvalue weighted by Crippen LogP contribution is 2.72. The lowest BCUT2D eigenvalue weighted by Crippen LogP contribution is -2.64. The molecule has 6 heteroatoms. The minimum absolute atomic E-state index is 0.202. The average molecular weight is 678 g/mol. The van der Waals surface area contributed by atoms with E-state index in [2.05, 4.69) is 82.1 Å². The molecule has 7 rings (SSSR count). The second kappa shape index (κ2) is 13.1. The van der Waals surface area contributed by atoms with E-state index in [0.29, 0.717) is 35.2 Å². The molecule has 6 aliphatic rings. The molecule has 5 fully saturated rings. The van der Waals surface area contributed by atoms with E-state index in [4.69, 9.17) is 0 Å². The molecule has 0 radical (unpaired) electrons. The zero-order valence-corrected chi connectivity index (χ0v) is 32.1. The van der Waals surface area contributed by atoms with Gasteiger partial charge in [0.2, 0.25) is 10.0 Å². The number of hydrogen-bond acceptors (Lipinski definition) is 4. The predicted molar refractivity (Wildman–Crippen MR) is 200 cm³/mol. The highest BCUT2D eigenvalue weighted by molar-refractivity contribution is 7.89. The zero-order chi connectivity index (χ0) is 34.0. The molecule has 48 heavy (non-hydrogen) atoms. The van der Waals surface area contributed by atoms with E-state index in [-0.39, 0.29) is 5.41 Å². The highest BCUT2D eigenvalue weighted by atomic mass is 32.2. The van der Waals surface area contributed by atoms with Crippen molar-refractivity contribution in [1.29, 1.82) is 0 Å². The molecule has 4 unspecified atom stereocenters. The molecule has 1 aromatic carbocycles. The molecule has 1 aliphatic heterocycles. The van der Waals surface area contributed by atoms with Crippen LogP contribution in [0.5, 0.6) is 0 Å². The minimum Gasteiger partial charge on any atom is -0.310 e. The molecule has 0 spiro atoms. The standard InChI is InChI=1S/C42H67N3O2S/c1-7-8-30-48(46,47)45-28-26-44(27-29-45)25-24-43-42-20-9-10-36(42)33-15-16-38-40(5,35(33)18-23-42)22-19-37-39(3,4)34(17-21-41(37,38)6)32-13-11-31(2)12-14-32/h11-14,17,33,35-38,43H,7-10,15-16,18-30H2,1-6H3/t33-,35?,36?,37?,38?,40-,41-,42-/m0/s1. The molecule has 0 aromatic heterocycles. The Labute approximate surface area is 294 Å². The normalized spacial score (nSPS) is 40.0. The average Bonchev–Trinajstić information content (AvgIpc) is 3.49. The number of unbranched alkanes of at least 4 members (excludes halogenated alkanes) is 1. The summed E-state index contributed by atoms with van der Waals surface area (Å²) < 4.78 is 27.2. The van der Waals surface area contributed by atoms with Crippen molar-refractivity contribution in [3.8, 4) is 0 Å². The van der Waals surface area contributed by atoms with Gasteiger partial charge in [-0.3, -0.25) is 4.90 Å². The van der Waals surface area contributed by atoms with Gasteiger partial charge in [-0.1, -0.05) is 83.4 Å². The van der Waals surface area contributed by atoms with Gasteiger partial charge in [0.1, 0.15) is 0 Å². The topological polar surface area (TPSA) is 52.7 Å². The largest absolute Gasteiger partial charge is 0.310 e. The second-order valence-electron chi connectivity index (χ2n) is 18.4. The van der Waals surface area contributed by atoms with Crippen LogP contribution in [0, 0.1) is 52.8 Å². The molecular formula is C42H67N3O2S. The van der Waals surface area contributed by atoms with Gasteiger partial charge in [0, 0.05) is 44.8 Å². The Kier molecular flexibility index (Phi) is 9.60. The molecule has 0 bridgehead atoms. The number of aryl methyl sites for hydroxylation is 1. The summed E-state index contributed by atoms with van der Waals surface area (Å²) in [4.78, 5) is 2.50. The van der Waals surface area contributed by atoms with Crippen LogP contribution in [0.3, 0.4) is 0 Å². The predicted octanol–water partition coefficient (Wildman–Crippen LogP) is 8.54. The minimum atomic E-state index is -3.09. The number of piperazine rings is 1. The van der Waals surface area contributed by atoms with Crippen molar-refractivity contribution in [1.82, 2.24) is 14.5 Å². The van der Waals surface area contributed by atoms with Crippen LogP contribution in [0.1, 0.15) is 123 Å². The Hall–Kier alpha value is -1.21. The van der Waals surface area contributed by atoms with Gasteiger partial charge >= 0.3 is 0 Å². The zero-order valence-electron chi connectivity index (χ0n) is 31.3. The second-order valence-corrected chi connectivity index (χ2v) is 20.5. The van der Waals surface area contributed by atoms with E-state index in [9.17, 15) is 8.42 Å². The summed E-state index contributed by atoms with van der Waals surface area (Å²) in [5, 5.41) is 4.24. The van der Waals surface area contributed by atoms with Crippen molar-refractivity contribution in [2.45, 2.75) is 124 Å². The van der Waals surface area contributed by atoms with Crippen molar-refractivity contribution < 1.29 is 8.42 Å². The molecule has 1 heterocycles. The van der Waals surface area contributed by atoms with E-state index in [1.807, 2.05) is 0 Å². The van der Waals surface area contributed by atoms with Crippen LogP contribution in [0.4, 0.5) is 0 Å². The third-order valence-electron chi connectivity index (χ3n) is 15.8. The number of sulfonamides is 1. The Balaban J connectivity index is 1.00. The first kappa shape index (κ1) is 35.2. The lowest BCUT2D eigenvalue weighted by atomic mass is 9.37. The van der Waals surface area contributed by atoms with E-state index >= 15 is 0 Å². The maximum absolute atomic E-state index is 12.7. The fourth-order valence-corrected chi connectivity index (χ4v) is 15.1. The van der Waals surface area contributed by atoms with Crippen molar-refractivity contribution in [2.75, 3.05) is 45.0 Å². The summed E-state index contributed by atoms with van der Waals surface area (Å²) >= 11 is 0. The number of rotatable bonds is 9. The van der Waals surface area contributed by atoms with Crippen LogP contribution in [0.2, 0.25) is 0 Å². The van der Waals surface area contributed by atoms with Gasteiger partial charge in [-0.15, -0.1) is 0 Å². The number of benzene rings is 1. The number of nitrogens with zero attached hydrogens (tertiary/aromatic N) is 2. The lowest BCUT2D eigenvalue weighted by Gasteiger charge is -2.68. The molecule has 5 aliphatic carbocycles. The molecule has 5 nitrogen and oxygen atoms in total. The highest BCUT2D eigenvalue weighted by Gasteiger charge is 2.65. The third-order valence-corrected chi connectivity index (χ3v) is 17.8. The van der Waals surface area contributed by atoms with Crippen molar-refractivity contribution >= 4 is 15.6 Å². The molecular weight excluding hydrogens is 611 g/mol. The molecule has 1 saturated heterocycles. The molecule has 268 valence electrons. The van der Waals surface area contributed by atoms with Crippen LogP contribution in [-0.2, 0) is 10.0 Å². The first-order valence-corrected chi connectivity index (χ1v) is 21.7. The van der Waals surface area contributed by atoms with Crippen molar-refractivity contribution in [3.05, 3.63) is 41.5 Å². The number of fused-ring (bicyclic) bond motifs is 7. The first-order valence-electron chi connectivity index (χ1n) is 20.1. The molecule has 8 atom stereocenters. The van der Waals surface area contributed by atoms with E-state index in [1.54, 1.807) is 9.88 Å². The summed E-state index contributed by atoms with van der Waals surface area (Å²) in [5.74, 6) is 4.46. The molecule has 0 amide bonds. The van der Waals surface area contributed by atoms with Gasteiger partial charge in [-0.05, 0) is 128 Å². The van der Waals surface area contributed by atoms with Gasteiger partial charge < -0.3 is 5.32 Å². The Morgan fingerprint density at radius 2 is 1.58 bits per heavy atom. The third kappa shape index (κ3) is 5.89. The monoisotopic (exact) mass is 677 g/mol. The fourth-order valence-electron chi connectivity index (χ4n) is 13.5. The summed E-state index contributed by atoms with van der Waals surface area (Å²) in [6, 6.07) is 9.34. The van der Waals surface area contributed by atoms with E-state index in [1.165, 1.54) is 75.3 Å². The Bertz CT molecular complexity index is 1450. The van der Waals surface area contributed by atoms with E-state index in [0.717, 1.165) is 68.6 Å². The van der Waals surface area contributed by atoms with Gasteiger partial charge in [0.25, 0.3) is 0 Å². The van der Waals surface area contributed by atoms with Gasteiger partial charge in [-0.25, -0.2) is 8.42 Å². The van der Waals surface area contributed by atoms with Crippen LogP contribution >= 0.6 is 0 Å². The van der Waals surface area contributed by atoms with Gasteiger partial charge in [0.15, 0.2) is 0 Å². The van der Waals surface area contributed by atoms with Crippen LogP contribution < -0.4 is 5.32 Å². The summed E-state index contributed by atoms with van der Waals surface area (Å²) in [7, 11) is -3.09. The summed E-state index contributed by atoms with van der Waals surface area (Å²) in [5.41, 5.74) is 5.77. The van der Waals surface area contributed by atoms with E-state index < -0.39 is 10.0 Å². The van der Waals surface area contributed by atoms with Crippen molar-refractivity contribution in [2.24, 2.45) is 45.8 Å².